The Bertz CT molecular complexity index is 391. The van der Waals surface area contributed by atoms with E-state index in [2.05, 4.69) is 9.36 Å². The molecule has 4 nitrogen and oxygen atoms in total. The molecule has 2 rings (SSSR count). The number of allylic oxidation sites excluding steroid dienone is 1. The molecule has 0 saturated heterocycles. The summed E-state index contributed by atoms with van der Waals surface area (Å²) in [6, 6.07) is 0. The van der Waals surface area contributed by atoms with Gasteiger partial charge in [0.15, 0.2) is 0 Å². The lowest BCUT2D eigenvalue weighted by atomic mass is 10.3. The number of hydrogen-bond acceptors (Lipinski definition) is 4. The zero-order valence-electron chi connectivity index (χ0n) is 8.35. The molecule has 1 atom stereocenters. The van der Waals surface area contributed by atoms with Gasteiger partial charge in [-0.25, -0.2) is 8.57 Å². The average Bonchev–Trinajstić information content (AvgIpc) is 2.19. The van der Waals surface area contributed by atoms with E-state index in [1.165, 1.54) is 0 Å². The summed E-state index contributed by atoms with van der Waals surface area (Å²) in [4.78, 5) is 6.89. The molecule has 2 aliphatic heterocycles. The lowest BCUT2D eigenvalue weighted by molar-refractivity contribution is 0.468. The summed E-state index contributed by atoms with van der Waals surface area (Å²) in [5.74, 6) is 0.693. The van der Waals surface area contributed by atoms with Crippen LogP contribution in [0.1, 0.15) is 12.8 Å². The summed E-state index contributed by atoms with van der Waals surface area (Å²) in [6.07, 6.45) is 5.70. The summed E-state index contributed by atoms with van der Waals surface area (Å²) >= 11 is 0. The van der Waals surface area contributed by atoms with Crippen molar-refractivity contribution in [1.82, 2.24) is 4.90 Å². The van der Waals surface area contributed by atoms with Crippen LogP contribution in [0.4, 0.5) is 0 Å². The minimum Gasteiger partial charge on any atom is -0.360 e. The molecule has 0 radical (unpaired) electrons. The summed E-state index contributed by atoms with van der Waals surface area (Å²) in [5.41, 5.74) is 0. The van der Waals surface area contributed by atoms with Crippen LogP contribution in [0.3, 0.4) is 0 Å². The van der Waals surface area contributed by atoms with Gasteiger partial charge in [-0.1, -0.05) is 0 Å². The normalized spacial score (nSPS) is 32.4. The Labute approximate surface area is 84.9 Å². The van der Waals surface area contributed by atoms with Crippen molar-refractivity contribution in [2.45, 2.75) is 12.8 Å². The highest BCUT2D eigenvalue weighted by Crippen LogP contribution is 2.18. The van der Waals surface area contributed by atoms with Crippen molar-refractivity contribution in [1.29, 1.82) is 0 Å². The maximum absolute atomic E-state index is 12.4. The third-order valence-corrected chi connectivity index (χ3v) is 4.76. The molecular formula is C9H15N3OS. The predicted molar refractivity (Wildman–Crippen MR) is 58.7 cm³/mol. The van der Waals surface area contributed by atoms with Crippen molar-refractivity contribution in [3.05, 3.63) is 11.1 Å². The molecule has 0 aliphatic carbocycles. The molecule has 0 aromatic rings. The molecule has 2 aliphatic rings. The molecule has 0 N–H and O–H groups in total. The van der Waals surface area contributed by atoms with Crippen molar-refractivity contribution < 1.29 is 4.21 Å². The second-order valence-corrected chi connectivity index (χ2v) is 6.06. The fourth-order valence-electron chi connectivity index (χ4n) is 1.59. The molecule has 0 aromatic carbocycles. The van der Waals surface area contributed by atoms with Crippen LogP contribution in [-0.4, -0.2) is 41.3 Å². The Hall–Kier alpha value is -0.840. The van der Waals surface area contributed by atoms with Crippen LogP contribution in [0.5, 0.6) is 0 Å². The van der Waals surface area contributed by atoms with E-state index < -0.39 is 9.73 Å². The molecule has 0 saturated carbocycles. The third-order valence-electron chi connectivity index (χ3n) is 2.37. The lowest BCUT2D eigenvalue weighted by Crippen LogP contribution is -2.22. The summed E-state index contributed by atoms with van der Waals surface area (Å²) in [6.45, 7) is 1.38. The minimum atomic E-state index is -2.13. The molecule has 0 spiro atoms. The van der Waals surface area contributed by atoms with Gasteiger partial charge in [0.25, 0.3) is 0 Å². The van der Waals surface area contributed by atoms with Gasteiger partial charge in [0.1, 0.15) is 6.67 Å². The Balaban J connectivity index is 2.34. The topological polar surface area (TPSA) is 45.0 Å². The van der Waals surface area contributed by atoms with Gasteiger partial charge in [-0.15, -0.1) is 0 Å². The Morgan fingerprint density at radius 2 is 2.36 bits per heavy atom. The zero-order valence-corrected chi connectivity index (χ0v) is 9.16. The van der Waals surface area contributed by atoms with Crippen LogP contribution in [0.2, 0.25) is 0 Å². The number of nitrogens with zero attached hydrogens (tertiary/aromatic N) is 3. The van der Waals surface area contributed by atoms with Gasteiger partial charge in [-0.2, -0.15) is 0 Å². The maximum atomic E-state index is 12.4. The van der Waals surface area contributed by atoms with E-state index >= 15 is 0 Å². The van der Waals surface area contributed by atoms with E-state index in [4.69, 9.17) is 0 Å². The summed E-state index contributed by atoms with van der Waals surface area (Å²) < 4.78 is 16.6. The van der Waals surface area contributed by atoms with Crippen LogP contribution in [0.25, 0.3) is 0 Å². The summed E-state index contributed by atoms with van der Waals surface area (Å²) in [5, 5.41) is 0. The predicted octanol–water partition coefficient (Wildman–Crippen LogP) is 1.06. The first kappa shape index (κ1) is 9.71. The molecule has 78 valence electrons. The van der Waals surface area contributed by atoms with Gasteiger partial charge in [0, 0.05) is 31.8 Å². The lowest BCUT2D eigenvalue weighted by Gasteiger charge is -2.21. The molecule has 0 bridgehead atoms. The molecule has 14 heavy (non-hydrogen) atoms. The smallest absolute Gasteiger partial charge is 0.109 e. The monoisotopic (exact) mass is 213 g/mol. The highest BCUT2D eigenvalue weighted by molar-refractivity contribution is 7.98. The van der Waals surface area contributed by atoms with Crippen LogP contribution in [0, 0.1) is 0 Å². The molecule has 1 unspecified atom stereocenters. The van der Waals surface area contributed by atoms with Gasteiger partial charge < -0.3 is 4.90 Å². The minimum absolute atomic E-state index is 0.652. The van der Waals surface area contributed by atoms with Crippen LogP contribution in [0.15, 0.2) is 20.5 Å². The molecule has 0 aromatic heterocycles. The van der Waals surface area contributed by atoms with E-state index in [9.17, 15) is 4.21 Å². The summed E-state index contributed by atoms with van der Waals surface area (Å²) in [7, 11) is -0.197. The van der Waals surface area contributed by atoms with Gasteiger partial charge in [0.2, 0.25) is 0 Å². The SMILES string of the molecule is CN1C=C(S2(=O)=NCCCC2)C=NC1. The molecule has 0 amide bonds. The first-order valence-corrected chi connectivity index (χ1v) is 6.52. The van der Waals surface area contributed by atoms with Crippen molar-refractivity contribution in [2.75, 3.05) is 26.0 Å². The number of hydrogen-bond donors (Lipinski definition) is 0. The van der Waals surface area contributed by atoms with E-state index in [0.29, 0.717) is 12.4 Å². The fraction of sp³-hybridized carbons (Fsp3) is 0.667. The Kier molecular flexibility index (Phi) is 2.58. The highest BCUT2D eigenvalue weighted by Gasteiger charge is 2.19. The second kappa shape index (κ2) is 3.73. The molecule has 0 fully saturated rings. The van der Waals surface area contributed by atoms with Gasteiger partial charge >= 0.3 is 0 Å². The number of rotatable bonds is 1. The van der Waals surface area contributed by atoms with E-state index in [-0.39, 0.29) is 0 Å². The Morgan fingerprint density at radius 3 is 3.00 bits per heavy atom. The second-order valence-electron chi connectivity index (χ2n) is 3.65. The van der Waals surface area contributed by atoms with Crippen LogP contribution < -0.4 is 0 Å². The van der Waals surface area contributed by atoms with Crippen molar-refractivity contribution >= 4 is 15.9 Å². The zero-order chi connectivity index (χ0) is 10.0. The van der Waals surface area contributed by atoms with Crippen LogP contribution in [-0.2, 0) is 9.73 Å². The number of aliphatic imine (C=N–C) groups is 1. The molecule has 5 heteroatoms. The highest BCUT2D eigenvalue weighted by atomic mass is 32.2. The fourth-order valence-corrected chi connectivity index (χ4v) is 3.71. The average molecular weight is 213 g/mol. The largest absolute Gasteiger partial charge is 0.360 e. The van der Waals surface area contributed by atoms with Gasteiger partial charge in [-0.3, -0.25) is 4.99 Å². The van der Waals surface area contributed by atoms with Crippen molar-refractivity contribution in [2.24, 2.45) is 9.36 Å². The van der Waals surface area contributed by atoms with E-state index in [1.807, 2.05) is 18.1 Å². The molecular weight excluding hydrogens is 198 g/mol. The van der Waals surface area contributed by atoms with Crippen molar-refractivity contribution in [3.63, 3.8) is 0 Å². The quantitative estimate of drug-likeness (QED) is 0.654. The van der Waals surface area contributed by atoms with Gasteiger partial charge in [-0.05, 0) is 12.8 Å². The first-order chi connectivity index (χ1) is 6.71. The van der Waals surface area contributed by atoms with Crippen LogP contribution >= 0.6 is 0 Å². The van der Waals surface area contributed by atoms with Gasteiger partial charge in [0.05, 0.1) is 14.6 Å². The van der Waals surface area contributed by atoms with E-state index in [0.717, 1.165) is 24.3 Å². The first-order valence-electron chi connectivity index (χ1n) is 4.83. The van der Waals surface area contributed by atoms with E-state index in [1.54, 1.807) is 6.21 Å². The third kappa shape index (κ3) is 1.82. The molecule has 2 heterocycles. The Morgan fingerprint density at radius 1 is 1.50 bits per heavy atom. The standard InChI is InChI=1S/C9H15N3OS/c1-12-7-9(6-10-8-12)14(13)5-3-2-4-11-14/h6-7H,2-5,8H2,1H3. The maximum Gasteiger partial charge on any atom is 0.109 e. The van der Waals surface area contributed by atoms with Crippen molar-refractivity contribution in [3.8, 4) is 0 Å².